The largest absolute Gasteiger partial charge is 0.507 e. The van der Waals surface area contributed by atoms with Gasteiger partial charge in [-0.3, -0.25) is 0 Å². The molecule has 0 atom stereocenters. The number of ether oxygens (including phenoxy) is 1. The zero-order chi connectivity index (χ0) is 18.5. The van der Waals surface area contributed by atoms with Crippen LogP contribution in [0.2, 0.25) is 0 Å². The molecule has 1 aromatic carbocycles. The monoisotopic (exact) mass is 347 g/mol. The van der Waals surface area contributed by atoms with Crippen LogP contribution in [0.3, 0.4) is 0 Å². The second-order valence-electron chi connectivity index (χ2n) is 5.78. The number of aryl methyl sites for hydroxylation is 2. The van der Waals surface area contributed by atoms with Gasteiger partial charge in [-0.15, -0.1) is 0 Å². The Morgan fingerprint density at radius 2 is 1.65 bits per heavy atom. The van der Waals surface area contributed by atoms with Crippen LogP contribution in [0.15, 0.2) is 49.2 Å². The summed E-state index contributed by atoms with van der Waals surface area (Å²) in [4.78, 5) is 23.7. The van der Waals surface area contributed by atoms with Crippen LogP contribution in [0, 0.1) is 13.8 Å². The van der Waals surface area contributed by atoms with E-state index in [-0.39, 0.29) is 11.4 Å². The standard InChI is InChI=1S/C20H17N3O3/c1-13-7-16(8-14(2)19(13)24)4-3-15-5-6-18(23-9-15)20(25)26-17-10-21-12-22-11-17/h3-12,24H,1-2H3/b4-3+. The van der Waals surface area contributed by atoms with E-state index in [2.05, 4.69) is 15.0 Å². The van der Waals surface area contributed by atoms with Gasteiger partial charge in [-0.25, -0.2) is 19.7 Å². The summed E-state index contributed by atoms with van der Waals surface area (Å²) in [5, 5.41) is 9.82. The third-order valence-electron chi connectivity index (χ3n) is 3.72. The number of carbonyl (C=O) groups is 1. The van der Waals surface area contributed by atoms with Crippen molar-refractivity contribution < 1.29 is 14.6 Å². The predicted octanol–water partition coefficient (Wildman–Crippen LogP) is 3.58. The minimum Gasteiger partial charge on any atom is -0.507 e. The fourth-order valence-electron chi connectivity index (χ4n) is 2.40. The Bertz CT molecular complexity index is 929. The van der Waals surface area contributed by atoms with Crippen molar-refractivity contribution in [3.63, 3.8) is 0 Å². The second-order valence-corrected chi connectivity index (χ2v) is 5.78. The Kier molecular flexibility index (Phi) is 5.03. The average molecular weight is 347 g/mol. The highest BCUT2D eigenvalue weighted by Crippen LogP contribution is 2.24. The van der Waals surface area contributed by atoms with Gasteiger partial charge < -0.3 is 9.84 Å². The summed E-state index contributed by atoms with van der Waals surface area (Å²) in [5.74, 6) is 0.0111. The Morgan fingerprint density at radius 3 is 2.27 bits per heavy atom. The van der Waals surface area contributed by atoms with Gasteiger partial charge in [-0.2, -0.15) is 0 Å². The van der Waals surface area contributed by atoms with Crippen molar-refractivity contribution in [1.82, 2.24) is 15.0 Å². The maximum atomic E-state index is 12.0. The lowest BCUT2D eigenvalue weighted by Gasteiger charge is -2.05. The molecule has 3 aromatic rings. The smallest absolute Gasteiger partial charge is 0.362 e. The average Bonchev–Trinajstić information content (AvgIpc) is 2.65. The highest BCUT2D eigenvalue weighted by molar-refractivity contribution is 5.89. The lowest BCUT2D eigenvalue weighted by molar-refractivity contribution is 0.0727. The van der Waals surface area contributed by atoms with Crippen molar-refractivity contribution in [3.8, 4) is 11.5 Å². The molecule has 0 saturated carbocycles. The molecule has 0 bridgehead atoms. The summed E-state index contributed by atoms with van der Waals surface area (Å²) in [6.07, 6.45) is 9.57. The van der Waals surface area contributed by atoms with E-state index >= 15 is 0 Å². The van der Waals surface area contributed by atoms with Crippen molar-refractivity contribution in [1.29, 1.82) is 0 Å². The van der Waals surface area contributed by atoms with E-state index in [1.807, 2.05) is 38.1 Å². The fraction of sp³-hybridized carbons (Fsp3) is 0.100. The van der Waals surface area contributed by atoms with Gasteiger partial charge in [0.2, 0.25) is 0 Å². The van der Waals surface area contributed by atoms with Crippen LogP contribution in [0.4, 0.5) is 0 Å². The number of esters is 1. The van der Waals surface area contributed by atoms with E-state index in [0.717, 1.165) is 22.3 Å². The number of rotatable bonds is 4. The zero-order valence-electron chi connectivity index (χ0n) is 14.4. The van der Waals surface area contributed by atoms with Crippen LogP contribution >= 0.6 is 0 Å². The molecule has 0 amide bonds. The number of phenolic OH excluding ortho intramolecular Hbond substituents is 1. The van der Waals surface area contributed by atoms with Crippen LogP contribution in [0.5, 0.6) is 11.5 Å². The molecule has 0 saturated heterocycles. The molecule has 130 valence electrons. The molecule has 1 N–H and O–H groups in total. The second kappa shape index (κ2) is 7.57. The molecular weight excluding hydrogens is 330 g/mol. The zero-order valence-corrected chi connectivity index (χ0v) is 14.4. The molecule has 0 spiro atoms. The van der Waals surface area contributed by atoms with Crippen LogP contribution in [-0.4, -0.2) is 26.0 Å². The van der Waals surface area contributed by atoms with Gasteiger partial charge in [0.15, 0.2) is 5.75 Å². The molecule has 6 nitrogen and oxygen atoms in total. The van der Waals surface area contributed by atoms with Crippen molar-refractivity contribution in [2.45, 2.75) is 13.8 Å². The van der Waals surface area contributed by atoms with Crippen LogP contribution < -0.4 is 4.74 Å². The van der Waals surface area contributed by atoms with Gasteiger partial charge >= 0.3 is 5.97 Å². The van der Waals surface area contributed by atoms with Gasteiger partial charge in [0.05, 0.1) is 12.4 Å². The summed E-state index contributed by atoms with van der Waals surface area (Å²) >= 11 is 0. The number of nitrogens with zero attached hydrogens (tertiary/aromatic N) is 3. The normalized spacial score (nSPS) is 10.8. The Hall–Kier alpha value is -3.54. The highest BCUT2D eigenvalue weighted by atomic mass is 16.5. The molecule has 0 fully saturated rings. The Morgan fingerprint density at radius 1 is 1.00 bits per heavy atom. The third kappa shape index (κ3) is 4.10. The predicted molar refractivity (Wildman–Crippen MR) is 97.7 cm³/mol. The summed E-state index contributed by atoms with van der Waals surface area (Å²) in [6, 6.07) is 7.18. The summed E-state index contributed by atoms with van der Waals surface area (Å²) < 4.78 is 5.14. The Labute approximate surface area is 150 Å². The van der Waals surface area contributed by atoms with Crippen LogP contribution in [0.1, 0.15) is 32.7 Å². The van der Waals surface area contributed by atoms with Crippen molar-refractivity contribution in [2.24, 2.45) is 0 Å². The molecule has 0 aliphatic heterocycles. The number of hydrogen-bond donors (Lipinski definition) is 1. The first kappa shape index (κ1) is 17.3. The molecule has 0 aliphatic carbocycles. The number of phenols is 1. The van der Waals surface area contributed by atoms with Crippen LogP contribution in [0.25, 0.3) is 12.2 Å². The SMILES string of the molecule is Cc1cc(/C=C/c2ccc(C(=O)Oc3cncnc3)nc2)cc(C)c1O. The Balaban J connectivity index is 1.70. The minimum absolute atomic E-state index is 0.197. The maximum Gasteiger partial charge on any atom is 0.362 e. The van der Waals surface area contributed by atoms with E-state index in [4.69, 9.17) is 4.74 Å². The van der Waals surface area contributed by atoms with E-state index in [1.165, 1.54) is 18.7 Å². The molecule has 0 radical (unpaired) electrons. The molecule has 2 heterocycles. The molecule has 3 rings (SSSR count). The first-order chi connectivity index (χ1) is 12.5. The van der Waals surface area contributed by atoms with Gasteiger partial charge in [0.25, 0.3) is 0 Å². The summed E-state index contributed by atoms with van der Waals surface area (Å²) in [7, 11) is 0. The molecular formula is C20H17N3O3. The first-order valence-electron chi connectivity index (χ1n) is 7.94. The first-order valence-corrected chi connectivity index (χ1v) is 7.94. The summed E-state index contributed by atoms with van der Waals surface area (Å²) in [6.45, 7) is 3.72. The van der Waals surface area contributed by atoms with E-state index < -0.39 is 5.97 Å². The van der Waals surface area contributed by atoms with Gasteiger partial charge in [0, 0.05) is 6.20 Å². The van der Waals surface area contributed by atoms with Gasteiger partial charge in [0.1, 0.15) is 17.8 Å². The lowest BCUT2D eigenvalue weighted by atomic mass is 10.0. The van der Waals surface area contributed by atoms with E-state index in [0.29, 0.717) is 5.75 Å². The number of aromatic nitrogens is 3. The number of aromatic hydroxyl groups is 1. The lowest BCUT2D eigenvalue weighted by Crippen LogP contribution is -2.10. The minimum atomic E-state index is -0.569. The van der Waals surface area contributed by atoms with Gasteiger partial charge in [-0.1, -0.05) is 18.2 Å². The quantitative estimate of drug-likeness (QED) is 0.726. The molecule has 0 unspecified atom stereocenters. The maximum absolute atomic E-state index is 12.0. The number of benzene rings is 1. The van der Waals surface area contributed by atoms with Crippen LogP contribution in [-0.2, 0) is 0 Å². The third-order valence-corrected chi connectivity index (χ3v) is 3.72. The molecule has 0 aliphatic rings. The topological polar surface area (TPSA) is 85.2 Å². The van der Waals surface area contributed by atoms with E-state index in [9.17, 15) is 9.90 Å². The molecule has 6 heteroatoms. The fourth-order valence-corrected chi connectivity index (χ4v) is 2.40. The van der Waals surface area contributed by atoms with Crippen molar-refractivity contribution >= 4 is 18.1 Å². The molecule has 26 heavy (non-hydrogen) atoms. The van der Waals surface area contributed by atoms with E-state index in [1.54, 1.807) is 18.3 Å². The summed E-state index contributed by atoms with van der Waals surface area (Å²) in [5.41, 5.74) is 3.66. The van der Waals surface area contributed by atoms with Crippen molar-refractivity contribution in [2.75, 3.05) is 0 Å². The number of carbonyl (C=O) groups excluding carboxylic acids is 1. The van der Waals surface area contributed by atoms with Gasteiger partial charge in [-0.05, 0) is 54.3 Å². The van der Waals surface area contributed by atoms with Crippen molar-refractivity contribution in [3.05, 3.63) is 77.1 Å². The number of hydrogen-bond acceptors (Lipinski definition) is 6. The number of pyridine rings is 1. The molecule has 2 aromatic heterocycles. The highest BCUT2D eigenvalue weighted by Gasteiger charge is 2.10.